The van der Waals surface area contributed by atoms with Crippen molar-refractivity contribution in [1.82, 2.24) is 20.9 Å². The van der Waals surface area contributed by atoms with Crippen LogP contribution in [0.5, 0.6) is 0 Å². The monoisotopic (exact) mass is 395 g/mol. The van der Waals surface area contributed by atoms with Gasteiger partial charge >= 0.3 is 0 Å². The predicted molar refractivity (Wildman–Crippen MR) is 120 cm³/mol. The summed E-state index contributed by atoms with van der Waals surface area (Å²) in [6.07, 6.45) is 0.810. The summed E-state index contributed by atoms with van der Waals surface area (Å²) in [6, 6.07) is 16.3. The standard InChI is InChI=1S/C23H33N5O/c1-5-28(4)17-20-10-6-9-19(14-20)16-27-23(25-3)26-13-12-18-8-7-11-21(15-18)22(29)24-2/h6-11,14-15H,5,12-13,16-17H2,1-4H3,(H,24,29)(H2,25,26,27). The molecule has 3 N–H and O–H groups in total. The highest BCUT2D eigenvalue weighted by atomic mass is 16.1. The number of hydrogen-bond donors (Lipinski definition) is 3. The average molecular weight is 396 g/mol. The fraction of sp³-hybridized carbons (Fsp3) is 0.391. The third-order valence-electron chi connectivity index (χ3n) is 4.79. The van der Waals surface area contributed by atoms with Gasteiger partial charge in [-0.2, -0.15) is 0 Å². The molecule has 0 fully saturated rings. The molecule has 2 rings (SSSR count). The van der Waals surface area contributed by atoms with Gasteiger partial charge in [-0.15, -0.1) is 0 Å². The minimum atomic E-state index is -0.0651. The quantitative estimate of drug-likeness (QED) is 0.451. The smallest absolute Gasteiger partial charge is 0.251 e. The van der Waals surface area contributed by atoms with Gasteiger partial charge in [-0.25, -0.2) is 0 Å². The second-order valence-electron chi connectivity index (χ2n) is 7.03. The molecule has 1 amide bonds. The van der Waals surface area contributed by atoms with Crippen LogP contribution < -0.4 is 16.0 Å². The Morgan fingerprint density at radius 2 is 1.76 bits per heavy atom. The summed E-state index contributed by atoms with van der Waals surface area (Å²) < 4.78 is 0. The van der Waals surface area contributed by atoms with Gasteiger partial charge in [-0.3, -0.25) is 9.79 Å². The van der Waals surface area contributed by atoms with Gasteiger partial charge in [0.1, 0.15) is 0 Å². The lowest BCUT2D eigenvalue weighted by Gasteiger charge is -2.15. The zero-order valence-electron chi connectivity index (χ0n) is 18.0. The number of nitrogens with zero attached hydrogens (tertiary/aromatic N) is 2. The lowest BCUT2D eigenvalue weighted by molar-refractivity contribution is 0.0963. The lowest BCUT2D eigenvalue weighted by atomic mass is 10.1. The van der Waals surface area contributed by atoms with Crippen LogP contribution in [0, 0.1) is 0 Å². The maximum absolute atomic E-state index is 11.8. The highest BCUT2D eigenvalue weighted by Crippen LogP contribution is 2.08. The van der Waals surface area contributed by atoms with Gasteiger partial charge in [0.2, 0.25) is 0 Å². The van der Waals surface area contributed by atoms with Gasteiger partial charge in [0.25, 0.3) is 5.91 Å². The Balaban J connectivity index is 1.83. The highest BCUT2D eigenvalue weighted by Gasteiger charge is 2.05. The first kappa shape index (κ1) is 22.4. The van der Waals surface area contributed by atoms with Crippen LogP contribution in [0.2, 0.25) is 0 Å². The van der Waals surface area contributed by atoms with Crippen LogP contribution in [-0.4, -0.2) is 51.0 Å². The van der Waals surface area contributed by atoms with Crippen molar-refractivity contribution < 1.29 is 4.79 Å². The van der Waals surface area contributed by atoms with Crippen LogP contribution in [0.1, 0.15) is 34.0 Å². The molecule has 0 saturated carbocycles. The first-order valence-electron chi connectivity index (χ1n) is 10.1. The average Bonchev–Trinajstić information content (AvgIpc) is 2.75. The number of guanidine groups is 1. The molecule has 156 valence electrons. The van der Waals surface area contributed by atoms with E-state index in [1.165, 1.54) is 11.1 Å². The van der Waals surface area contributed by atoms with Crippen molar-refractivity contribution in [2.24, 2.45) is 4.99 Å². The maximum Gasteiger partial charge on any atom is 0.251 e. The summed E-state index contributed by atoms with van der Waals surface area (Å²) in [5.74, 6) is 0.702. The van der Waals surface area contributed by atoms with Gasteiger partial charge in [0.05, 0.1) is 0 Å². The molecule has 29 heavy (non-hydrogen) atoms. The molecule has 2 aromatic carbocycles. The molecule has 0 heterocycles. The third kappa shape index (κ3) is 7.58. The minimum absolute atomic E-state index is 0.0651. The van der Waals surface area contributed by atoms with E-state index in [-0.39, 0.29) is 5.91 Å². The van der Waals surface area contributed by atoms with Crippen LogP contribution in [0.4, 0.5) is 0 Å². The largest absolute Gasteiger partial charge is 0.356 e. The molecule has 0 unspecified atom stereocenters. The molecule has 0 radical (unpaired) electrons. The number of carbonyl (C=O) groups excluding carboxylic acids is 1. The molecule has 0 saturated heterocycles. The Labute approximate surface area is 174 Å². The van der Waals surface area contributed by atoms with E-state index >= 15 is 0 Å². The molecule has 0 aliphatic heterocycles. The number of benzene rings is 2. The predicted octanol–water partition coefficient (Wildman–Crippen LogP) is 2.41. The van der Waals surface area contributed by atoms with Crippen LogP contribution in [-0.2, 0) is 19.5 Å². The van der Waals surface area contributed by atoms with E-state index in [1.807, 2.05) is 24.3 Å². The Bertz CT molecular complexity index is 818. The third-order valence-corrected chi connectivity index (χ3v) is 4.79. The van der Waals surface area contributed by atoms with Crippen LogP contribution in [0.15, 0.2) is 53.5 Å². The number of carbonyl (C=O) groups is 1. The molecule has 0 aliphatic carbocycles. The lowest BCUT2D eigenvalue weighted by Crippen LogP contribution is -2.37. The molecule has 6 nitrogen and oxygen atoms in total. The van der Waals surface area contributed by atoms with E-state index in [9.17, 15) is 4.79 Å². The zero-order chi connectivity index (χ0) is 21.1. The summed E-state index contributed by atoms with van der Waals surface area (Å²) in [5, 5.41) is 9.36. The Morgan fingerprint density at radius 1 is 1.03 bits per heavy atom. The van der Waals surface area contributed by atoms with Crippen molar-refractivity contribution in [3.8, 4) is 0 Å². The van der Waals surface area contributed by atoms with Crippen molar-refractivity contribution in [3.05, 3.63) is 70.8 Å². The fourth-order valence-electron chi connectivity index (χ4n) is 3.01. The molecule has 0 aromatic heterocycles. The van der Waals surface area contributed by atoms with E-state index in [1.54, 1.807) is 14.1 Å². The van der Waals surface area contributed by atoms with Gasteiger partial charge in [0, 0.05) is 39.3 Å². The van der Waals surface area contributed by atoms with E-state index in [0.29, 0.717) is 5.56 Å². The molecule has 6 heteroatoms. The topological polar surface area (TPSA) is 68.8 Å². The summed E-state index contributed by atoms with van der Waals surface area (Å²) in [6.45, 7) is 5.60. The first-order chi connectivity index (χ1) is 14.0. The highest BCUT2D eigenvalue weighted by molar-refractivity contribution is 5.94. The molecule has 0 atom stereocenters. The second kappa shape index (κ2) is 11.9. The second-order valence-corrected chi connectivity index (χ2v) is 7.03. The van der Waals surface area contributed by atoms with Gasteiger partial charge in [-0.1, -0.05) is 43.3 Å². The number of rotatable bonds is 9. The maximum atomic E-state index is 11.8. The van der Waals surface area contributed by atoms with Gasteiger partial charge in [-0.05, 0) is 48.8 Å². The van der Waals surface area contributed by atoms with Crippen molar-refractivity contribution in [1.29, 1.82) is 0 Å². The molecular formula is C23H33N5O. The number of nitrogens with one attached hydrogen (secondary N) is 3. The zero-order valence-corrected chi connectivity index (χ0v) is 18.0. The number of aliphatic imine (C=N–C) groups is 1. The van der Waals surface area contributed by atoms with E-state index in [2.05, 4.69) is 64.1 Å². The van der Waals surface area contributed by atoms with E-state index < -0.39 is 0 Å². The summed E-state index contributed by atoms with van der Waals surface area (Å²) in [4.78, 5) is 18.3. The summed E-state index contributed by atoms with van der Waals surface area (Å²) >= 11 is 0. The normalized spacial score (nSPS) is 11.4. The Kier molecular flexibility index (Phi) is 9.18. The number of amides is 1. The van der Waals surface area contributed by atoms with Gasteiger partial charge < -0.3 is 20.9 Å². The van der Waals surface area contributed by atoms with Crippen LogP contribution in [0.25, 0.3) is 0 Å². The summed E-state index contributed by atoms with van der Waals surface area (Å²) in [5.41, 5.74) is 4.34. The summed E-state index contributed by atoms with van der Waals surface area (Å²) in [7, 11) is 5.54. The van der Waals surface area contributed by atoms with Crippen molar-refractivity contribution >= 4 is 11.9 Å². The van der Waals surface area contributed by atoms with Crippen LogP contribution in [0.3, 0.4) is 0 Å². The van der Waals surface area contributed by atoms with Gasteiger partial charge in [0.15, 0.2) is 5.96 Å². The molecule has 0 spiro atoms. The number of hydrogen-bond acceptors (Lipinski definition) is 3. The molecule has 0 aliphatic rings. The Hall–Kier alpha value is -2.86. The van der Waals surface area contributed by atoms with Crippen molar-refractivity contribution in [2.45, 2.75) is 26.4 Å². The molecule has 0 bridgehead atoms. The molecule has 2 aromatic rings. The van der Waals surface area contributed by atoms with Crippen molar-refractivity contribution in [2.75, 3.05) is 34.2 Å². The first-order valence-corrected chi connectivity index (χ1v) is 10.1. The van der Waals surface area contributed by atoms with E-state index in [4.69, 9.17) is 0 Å². The Morgan fingerprint density at radius 3 is 2.48 bits per heavy atom. The SMILES string of the molecule is CCN(C)Cc1cccc(CNC(=NC)NCCc2cccc(C(=O)NC)c2)c1. The minimum Gasteiger partial charge on any atom is -0.356 e. The molecular weight excluding hydrogens is 362 g/mol. The van der Waals surface area contributed by atoms with E-state index in [0.717, 1.165) is 44.1 Å². The van der Waals surface area contributed by atoms with Crippen molar-refractivity contribution in [3.63, 3.8) is 0 Å². The van der Waals surface area contributed by atoms with Crippen LogP contribution >= 0.6 is 0 Å². The fourth-order valence-corrected chi connectivity index (χ4v) is 3.01.